The molecular formula is C11H24N2O. The molecule has 1 saturated heterocycles. The first kappa shape index (κ1) is 12.0. The molecule has 0 aliphatic carbocycles. The molecule has 84 valence electrons. The topological polar surface area (TPSA) is 35.5 Å². The van der Waals surface area contributed by atoms with E-state index in [-0.39, 0.29) is 12.6 Å². The standard InChI is InChI=1S/C11H24N2O/c1-9-5-4-6-10(2)13(9)7-11(8-14)12-3/h9-12,14H,4-8H2,1-3H3. The Labute approximate surface area is 87.5 Å². The molecule has 0 amide bonds. The molecule has 0 aromatic rings. The number of hydrogen-bond acceptors (Lipinski definition) is 3. The van der Waals surface area contributed by atoms with Crippen LogP contribution >= 0.6 is 0 Å². The van der Waals surface area contributed by atoms with Crippen LogP contribution in [0.25, 0.3) is 0 Å². The number of rotatable bonds is 4. The highest BCUT2D eigenvalue weighted by Gasteiger charge is 2.26. The fourth-order valence-electron chi connectivity index (χ4n) is 2.33. The van der Waals surface area contributed by atoms with Gasteiger partial charge in [0.05, 0.1) is 6.61 Å². The van der Waals surface area contributed by atoms with Gasteiger partial charge in [0.25, 0.3) is 0 Å². The second kappa shape index (κ2) is 5.69. The second-order valence-electron chi connectivity index (χ2n) is 4.49. The van der Waals surface area contributed by atoms with Crippen molar-refractivity contribution in [3.8, 4) is 0 Å². The first-order chi connectivity index (χ1) is 6.69. The van der Waals surface area contributed by atoms with Gasteiger partial charge in [-0.15, -0.1) is 0 Å². The number of aliphatic hydroxyl groups is 1. The van der Waals surface area contributed by atoms with Gasteiger partial charge in [-0.25, -0.2) is 0 Å². The minimum absolute atomic E-state index is 0.220. The first-order valence-electron chi connectivity index (χ1n) is 5.73. The molecule has 3 atom stereocenters. The van der Waals surface area contributed by atoms with E-state index in [1.54, 1.807) is 0 Å². The van der Waals surface area contributed by atoms with Crippen LogP contribution in [0.1, 0.15) is 33.1 Å². The number of piperidine rings is 1. The van der Waals surface area contributed by atoms with Crippen molar-refractivity contribution in [2.24, 2.45) is 0 Å². The number of hydrogen-bond donors (Lipinski definition) is 2. The van der Waals surface area contributed by atoms with Crippen molar-refractivity contribution in [2.75, 3.05) is 20.2 Å². The summed E-state index contributed by atoms with van der Waals surface area (Å²) in [7, 11) is 1.92. The lowest BCUT2D eigenvalue weighted by Crippen LogP contribution is -2.50. The van der Waals surface area contributed by atoms with Gasteiger partial charge < -0.3 is 10.4 Å². The Hall–Kier alpha value is -0.120. The summed E-state index contributed by atoms with van der Waals surface area (Å²) in [6.45, 7) is 5.78. The summed E-state index contributed by atoms with van der Waals surface area (Å²) in [5, 5.41) is 12.3. The Morgan fingerprint density at radius 3 is 2.36 bits per heavy atom. The second-order valence-corrected chi connectivity index (χ2v) is 4.49. The SMILES string of the molecule is CNC(CO)CN1C(C)CCCC1C. The minimum atomic E-state index is 0.220. The lowest BCUT2D eigenvalue weighted by Gasteiger charge is -2.40. The van der Waals surface area contributed by atoms with Crippen LogP contribution in [0.3, 0.4) is 0 Å². The maximum Gasteiger partial charge on any atom is 0.0597 e. The fourth-order valence-corrected chi connectivity index (χ4v) is 2.33. The van der Waals surface area contributed by atoms with Gasteiger partial charge in [-0.05, 0) is 33.7 Å². The first-order valence-corrected chi connectivity index (χ1v) is 5.73. The van der Waals surface area contributed by atoms with E-state index in [9.17, 15) is 0 Å². The molecule has 3 nitrogen and oxygen atoms in total. The zero-order valence-corrected chi connectivity index (χ0v) is 9.66. The maximum absolute atomic E-state index is 9.14. The highest BCUT2D eigenvalue weighted by Crippen LogP contribution is 2.22. The lowest BCUT2D eigenvalue weighted by molar-refractivity contribution is 0.0800. The van der Waals surface area contributed by atoms with E-state index < -0.39 is 0 Å². The van der Waals surface area contributed by atoms with Crippen LogP contribution in [-0.2, 0) is 0 Å². The molecule has 0 bridgehead atoms. The third-order valence-electron chi connectivity index (χ3n) is 3.44. The number of likely N-dealkylation sites (tertiary alicyclic amines) is 1. The van der Waals surface area contributed by atoms with Gasteiger partial charge >= 0.3 is 0 Å². The zero-order valence-electron chi connectivity index (χ0n) is 9.66. The molecule has 3 heteroatoms. The summed E-state index contributed by atoms with van der Waals surface area (Å²) in [6, 6.07) is 1.56. The molecule has 0 aromatic heterocycles. The summed E-state index contributed by atoms with van der Waals surface area (Å²) in [6.07, 6.45) is 3.95. The normalized spacial score (nSPS) is 31.7. The van der Waals surface area contributed by atoms with E-state index in [2.05, 4.69) is 24.1 Å². The van der Waals surface area contributed by atoms with Crippen LogP contribution in [-0.4, -0.2) is 48.3 Å². The Kier molecular flexibility index (Phi) is 4.85. The summed E-state index contributed by atoms with van der Waals surface area (Å²) in [5.74, 6) is 0. The molecule has 1 rings (SSSR count). The van der Waals surface area contributed by atoms with E-state index in [1.807, 2.05) is 7.05 Å². The quantitative estimate of drug-likeness (QED) is 0.705. The Morgan fingerprint density at radius 2 is 1.93 bits per heavy atom. The highest BCUT2D eigenvalue weighted by atomic mass is 16.3. The summed E-state index contributed by atoms with van der Waals surface area (Å²) in [4.78, 5) is 2.51. The van der Waals surface area contributed by atoms with E-state index in [4.69, 9.17) is 5.11 Å². The predicted molar refractivity (Wildman–Crippen MR) is 59.4 cm³/mol. The van der Waals surface area contributed by atoms with Crippen molar-refractivity contribution < 1.29 is 5.11 Å². The van der Waals surface area contributed by atoms with E-state index in [0.717, 1.165) is 6.54 Å². The van der Waals surface area contributed by atoms with Gasteiger partial charge in [0.15, 0.2) is 0 Å². The number of likely N-dealkylation sites (N-methyl/N-ethyl adjacent to an activating group) is 1. The van der Waals surface area contributed by atoms with Crippen molar-refractivity contribution in [2.45, 2.75) is 51.2 Å². The zero-order chi connectivity index (χ0) is 10.6. The van der Waals surface area contributed by atoms with Crippen molar-refractivity contribution in [1.82, 2.24) is 10.2 Å². The molecule has 1 aliphatic heterocycles. The van der Waals surface area contributed by atoms with Gasteiger partial charge in [-0.2, -0.15) is 0 Å². The Morgan fingerprint density at radius 1 is 1.36 bits per heavy atom. The van der Waals surface area contributed by atoms with Crippen LogP contribution in [0.5, 0.6) is 0 Å². The van der Waals surface area contributed by atoms with Gasteiger partial charge in [-0.3, -0.25) is 4.90 Å². The van der Waals surface area contributed by atoms with Crippen LogP contribution in [0, 0.1) is 0 Å². The Balaban J connectivity index is 2.46. The fraction of sp³-hybridized carbons (Fsp3) is 1.00. The monoisotopic (exact) mass is 200 g/mol. The van der Waals surface area contributed by atoms with Crippen molar-refractivity contribution >= 4 is 0 Å². The third kappa shape index (κ3) is 2.94. The maximum atomic E-state index is 9.14. The van der Waals surface area contributed by atoms with Crippen molar-refractivity contribution in [3.63, 3.8) is 0 Å². The summed E-state index contributed by atoms with van der Waals surface area (Å²) in [5.41, 5.74) is 0. The van der Waals surface area contributed by atoms with Crippen LogP contribution in [0.15, 0.2) is 0 Å². The van der Waals surface area contributed by atoms with Gasteiger partial charge in [0, 0.05) is 24.7 Å². The molecule has 0 radical (unpaired) electrons. The van der Waals surface area contributed by atoms with Crippen LogP contribution in [0.4, 0.5) is 0 Å². The van der Waals surface area contributed by atoms with Gasteiger partial charge in [0.2, 0.25) is 0 Å². The van der Waals surface area contributed by atoms with Gasteiger partial charge in [0.1, 0.15) is 0 Å². The molecule has 3 unspecified atom stereocenters. The van der Waals surface area contributed by atoms with Crippen molar-refractivity contribution in [3.05, 3.63) is 0 Å². The lowest BCUT2D eigenvalue weighted by atomic mass is 9.97. The molecule has 0 saturated carbocycles. The Bertz CT molecular complexity index is 149. The molecule has 0 aromatic carbocycles. The predicted octanol–water partition coefficient (Wildman–Crippen LogP) is 0.830. The van der Waals surface area contributed by atoms with E-state index in [1.165, 1.54) is 19.3 Å². The third-order valence-corrected chi connectivity index (χ3v) is 3.44. The van der Waals surface area contributed by atoms with Crippen molar-refractivity contribution in [1.29, 1.82) is 0 Å². The number of nitrogens with one attached hydrogen (secondary N) is 1. The average molecular weight is 200 g/mol. The van der Waals surface area contributed by atoms with Gasteiger partial charge in [-0.1, -0.05) is 6.42 Å². The van der Waals surface area contributed by atoms with E-state index >= 15 is 0 Å². The number of aliphatic hydroxyl groups excluding tert-OH is 1. The van der Waals surface area contributed by atoms with Crippen LogP contribution < -0.4 is 5.32 Å². The molecular weight excluding hydrogens is 176 g/mol. The minimum Gasteiger partial charge on any atom is -0.395 e. The smallest absolute Gasteiger partial charge is 0.0597 e. The molecule has 2 N–H and O–H groups in total. The summed E-state index contributed by atoms with van der Waals surface area (Å²) < 4.78 is 0. The molecule has 1 aliphatic rings. The van der Waals surface area contributed by atoms with Crippen LogP contribution in [0.2, 0.25) is 0 Å². The van der Waals surface area contributed by atoms with E-state index in [0.29, 0.717) is 12.1 Å². The molecule has 14 heavy (non-hydrogen) atoms. The molecule has 0 spiro atoms. The highest BCUT2D eigenvalue weighted by molar-refractivity contribution is 4.82. The average Bonchev–Trinajstić information content (AvgIpc) is 2.18. The molecule has 1 fully saturated rings. The molecule has 1 heterocycles. The summed E-state index contributed by atoms with van der Waals surface area (Å²) >= 11 is 0. The number of nitrogens with zero attached hydrogens (tertiary/aromatic N) is 1. The largest absolute Gasteiger partial charge is 0.395 e.